The third kappa shape index (κ3) is 13.8. The van der Waals surface area contributed by atoms with Crippen LogP contribution in [0.15, 0.2) is 91.0 Å². The number of aryl methyl sites for hydroxylation is 2. The normalized spacial score (nSPS) is 21.1. The van der Waals surface area contributed by atoms with E-state index in [-0.39, 0.29) is 72.8 Å². The fourth-order valence-electron chi connectivity index (χ4n) is 11.6. The average Bonchev–Trinajstić information content (AvgIpc) is 3.92. The van der Waals surface area contributed by atoms with Crippen molar-refractivity contribution in [3.63, 3.8) is 0 Å². The molecule has 1 saturated heterocycles. The molecule has 4 aliphatic rings. The number of likely N-dealkylation sites (N-methyl/N-ethyl adjacent to an activating group) is 2. The summed E-state index contributed by atoms with van der Waals surface area (Å²) in [6.45, 7) is 14.7. The second-order valence-corrected chi connectivity index (χ2v) is 24.6. The molecule has 2 aliphatic carbocycles. The van der Waals surface area contributed by atoms with Gasteiger partial charge in [0.2, 0.25) is 35.4 Å². The standard InChI is InChI=1S/C63H82N10O8/c1-36(64-9)54(74)70-52(62(3,4)5)60(80)72-34-43-31-44(30-29-42(43)32-50(72)58(78)68-48-23-15-19-38-17-11-13-21-46(38)48)66-56(76)40-25-27-41(28-26-40)57(77)67-45-33-51(59(79)69-49-24-16-20-39-18-12-14-22-47(39)49)73(35-45)61(81)53(63(6,7)8)71-55(75)37(2)65-10/h11-14,17-18,21-22,25-31,36-37,45,48-53,64-65H,15-16,19-20,23-24,32-35H2,1-10H3,(H,66,76)(H,67,77)(H,68,78)(H,69,79)(H,70,74)(H,71,75)/t36-,37-,45-,48+,49+,50-,51-,52+,53+/m0/s1. The predicted octanol–water partition coefficient (Wildman–Crippen LogP) is 5.56. The molecule has 0 spiro atoms. The van der Waals surface area contributed by atoms with Gasteiger partial charge in [0, 0.05) is 42.4 Å². The highest BCUT2D eigenvalue weighted by Crippen LogP contribution is 2.35. The Balaban J connectivity index is 0.972. The summed E-state index contributed by atoms with van der Waals surface area (Å²) >= 11 is 0. The van der Waals surface area contributed by atoms with Crippen LogP contribution in [-0.2, 0) is 54.6 Å². The summed E-state index contributed by atoms with van der Waals surface area (Å²) in [5.41, 5.74) is 5.58. The summed E-state index contributed by atoms with van der Waals surface area (Å²) in [5, 5.41) is 24.2. The van der Waals surface area contributed by atoms with Crippen molar-refractivity contribution in [2.75, 3.05) is 26.0 Å². The van der Waals surface area contributed by atoms with Crippen LogP contribution in [0.3, 0.4) is 0 Å². The van der Waals surface area contributed by atoms with Crippen LogP contribution in [0.5, 0.6) is 0 Å². The van der Waals surface area contributed by atoms with Gasteiger partial charge in [-0.3, -0.25) is 38.4 Å². The third-order valence-corrected chi connectivity index (χ3v) is 16.6. The number of nitrogens with zero attached hydrogens (tertiary/aromatic N) is 2. The molecule has 2 aliphatic heterocycles. The molecule has 18 heteroatoms. The smallest absolute Gasteiger partial charge is 0.255 e. The van der Waals surface area contributed by atoms with E-state index in [1.807, 2.05) is 84.0 Å². The molecule has 8 amide bonds. The van der Waals surface area contributed by atoms with Crippen LogP contribution in [0.2, 0.25) is 0 Å². The Hall–Kier alpha value is -7.44. The molecule has 0 bridgehead atoms. The summed E-state index contributed by atoms with van der Waals surface area (Å²) < 4.78 is 0. The number of rotatable bonds is 16. The van der Waals surface area contributed by atoms with Crippen LogP contribution in [0, 0.1) is 10.8 Å². The van der Waals surface area contributed by atoms with Crippen LogP contribution in [0.25, 0.3) is 0 Å². The molecular formula is C63H82N10O8. The van der Waals surface area contributed by atoms with Gasteiger partial charge in [0.25, 0.3) is 11.8 Å². The molecule has 1 fully saturated rings. The molecule has 2 heterocycles. The van der Waals surface area contributed by atoms with Gasteiger partial charge in [-0.1, -0.05) is 96.1 Å². The number of carbonyl (C=O) groups is 8. The number of fused-ring (bicyclic) bond motifs is 3. The van der Waals surface area contributed by atoms with Crippen molar-refractivity contribution in [2.24, 2.45) is 10.8 Å². The molecule has 4 aromatic rings. The summed E-state index contributed by atoms with van der Waals surface area (Å²) in [5.74, 6) is -3.07. The fourth-order valence-corrected chi connectivity index (χ4v) is 11.6. The zero-order chi connectivity index (χ0) is 58.5. The maximum Gasteiger partial charge on any atom is 0.255 e. The van der Waals surface area contributed by atoms with Gasteiger partial charge in [-0.15, -0.1) is 0 Å². The van der Waals surface area contributed by atoms with E-state index >= 15 is 0 Å². The zero-order valence-electron chi connectivity index (χ0n) is 48.6. The number of amides is 8. The predicted molar refractivity (Wildman–Crippen MR) is 311 cm³/mol. The molecule has 432 valence electrons. The Morgan fingerprint density at radius 3 is 1.53 bits per heavy atom. The minimum absolute atomic E-state index is 0.0220. The van der Waals surface area contributed by atoms with E-state index in [2.05, 4.69) is 54.7 Å². The topological polar surface area (TPSA) is 239 Å². The van der Waals surface area contributed by atoms with Crippen LogP contribution in [0.1, 0.15) is 154 Å². The minimum atomic E-state index is -0.977. The van der Waals surface area contributed by atoms with Gasteiger partial charge in [-0.05, 0) is 153 Å². The first-order valence-electron chi connectivity index (χ1n) is 28.6. The van der Waals surface area contributed by atoms with Gasteiger partial charge in [0.05, 0.1) is 24.2 Å². The van der Waals surface area contributed by atoms with Crippen LogP contribution in [-0.4, -0.2) is 120 Å². The molecule has 81 heavy (non-hydrogen) atoms. The highest BCUT2D eigenvalue weighted by Gasteiger charge is 2.47. The second-order valence-electron chi connectivity index (χ2n) is 24.6. The Morgan fingerprint density at radius 1 is 0.543 bits per heavy atom. The van der Waals surface area contributed by atoms with Crippen molar-refractivity contribution in [3.8, 4) is 0 Å². The van der Waals surface area contributed by atoms with Crippen molar-refractivity contribution < 1.29 is 38.4 Å². The van der Waals surface area contributed by atoms with Crippen molar-refractivity contribution >= 4 is 52.9 Å². The molecule has 18 nitrogen and oxygen atoms in total. The maximum atomic E-state index is 14.9. The number of hydrogen-bond donors (Lipinski definition) is 8. The number of benzene rings is 4. The van der Waals surface area contributed by atoms with E-state index in [4.69, 9.17) is 0 Å². The maximum absolute atomic E-state index is 14.9. The Kier molecular flexibility index (Phi) is 18.5. The van der Waals surface area contributed by atoms with Gasteiger partial charge in [-0.2, -0.15) is 0 Å². The molecule has 0 radical (unpaired) electrons. The first-order valence-corrected chi connectivity index (χ1v) is 28.6. The first-order chi connectivity index (χ1) is 38.4. The van der Waals surface area contributed by atoms with Crippen molar-refractivity contribution in [2.45, 2.75) is 168 Å². The fraction of sp³-hybridized carbons (Fsp3) is 0.492. The van der Waals surface area contributed by atoms with Gasteiger partial charge >= 0.3 is 0 Å². The van der Waals surface area contributed by atoms with Gasteiger partial charge in [-0.25, -0.2) is 0 Å². The summed E-state index contributed by atoms with van der Waals surface area (Å²) in [4.78, 5) is 116. The van der Waals surface area contributed by atoms with Gasteiger partial charge in [0.1, 0.15) is 24.2 Å². The molecule has 8 N–H and O–H groups in total. The molecular weight excluding hydrogens is 1020 g/mol. The van der Waals surface area contributed by atoms with Crippen molar-refractivity contribution in [1.82, 2.24) is 47.0 Å². The number of nitrogens with one attached hydrogen (secondary N) is 8. The van der Waals surface area contributed by atoms with E-state index < -0.39 is 76.8 Å². The molecule has 4 aromatic carbocycles. The van der Waals surface area contributed by atoms with E-state index in [0.29, 0.717) is 5.69 Å². The summed E-state index contributed by atoms with van der Waals surface area (Å²) in [6.07, 6.45) is 5.50. The summed E-state index contributed by atoms with van der Waals surface area (Å²) in [6, 6.07) is 21.7. The lowest BCUT2D eigenvalue weighted by atomic mass is 9.83. The molecule has 8 rings (SSSR count). The van der Waals surface area contributed by atoms with E-state index in [1.165, 1.54) is 28.2 Å². The lowest BCUT2D eigenvalue weighted by molar-refractivity contribution is -0.147. The molecule has 0 unspecified atom stereocenters. The quantitative estimate of drug-likeness (QED) is 0.0696. The Bertz CT molecular complexity index is 3020. The highest BCUT2D eigenvalue weighted by molar-refractivity contribution is 6.05. The van der Waals surface area contributed by atoms with Crippen LogP contribution in [0.4, 0.5) is 5.69 Å². The zero-order valence-corrected chi connectivity index (χ0v) is 48.6. The molecule has 0 saturated carbocycles. The average molecular weight is 1110 g/mol. The van der Waals surface area contributed by atoms with Gasteiger partial charge in [0.15, 0.2) is 0 Å². The largest absolute Gasteiger partial charge is 0.347 e. The van der Waals surface area contributed by atoms with Gasteiger partial charge < -0.3 is 52.3 Å². The Morgan fingerprint density at radius 2 is 1.02 bits per heavy atom. The Labute approximate surface area is 476 Å². The van der Waals surface area contributed by atoms with Crippen LogP contribution >= 0.6 is 0 Å². The summed E-state index contributed by atoms with van der Waals surface area (Å²) in [7, 11) is 3.33. The lowest BCUT2D eigenvalue weighted by Crippen LogP contribution is -2.62. The van der Waals surface area contributed by atoms with E-state index in [9.17, 15) is 38.4 Å². The highest BCUT2D eigenvalue weighted by atomic mass is 16.2. The lowest BCUT2D eigenvalue weighted by Gasteiger charge is -2.42. The van der Waals surface area contributed by atoms with E-state index in [1.54, 1.807) is 57.1 Å². The first kappa shape index (κ1) is 59.7. The van der Waals surface area contributed by atoms with Crippen molar-refractivity contribution in [1.29, 1.82) is 0 Å². The number of likely N-dealkylation sites (tertiary alicyclic amines) is 1. The number of carbonyl (C=O) groups excluding carboxylic acids is 8. The molecule has 9 atom stereocenters. The van der Waals surface area contributed by atoms with Crippen molar-refractivity contribution in [3.05, 3.63) is 136 Å². The number of anilines is 1. The SMILES string of the molecule is CN[C@@H](C)C(=O)N[C@H](C(=O)N1Cc2cc(NC(=O)c3ccc(C(=O)N[C@H]4C[C@@H](C(=O)N[C@@H]5CCCc6ccccc65)N(C(=O)[C@@H](NC(=O)[C@H](C)NC)C(C)(C)C)C4)cc3)ccc2C[C@H]1C(=O)N[C@@H]1CCCc2ccccc21)C(C)(C)C. The minimum Gasteiger partial charge on any atom is -0.347 e. The van der Waals surface area contributed by atoms with E-state index in [0.717, 1.165) is 60.8 Å². The number of hydrogen-bond acceptors (Lipinski definition) is 10. The van der Waals surface area contributed by atoms with Crippen LogP contribution < -0.4 is 42.5 Å². The second kappa shape index (κ2) is 25.1. The molecule has 0 aromatic heterocycles. The third-order valence-electron chi connectivity index (χ3n) is 16.6. The monoisotopic (exact) mass is 1110 g/mol.